The number of carboxylic acids is 1. The summed E-state index contributed by atoms with van der Waals surface area (Å²) in [6.45, 7) is 2.68. The lowest BCUT2D eigenvalue weighted by Crippen LogP contribution is -2.40. The molecule has 144 valence electrons. The van der Waals surface area contributed by atoms with Gasteiger partial charge in [-0.25, -0.2) is 0 Å². The van der Waals surface area contributed by atoms with Crippen molar-refractivity contribution in [1.82, 2.24) is 4.90 Å². The normalized spacial score (nSPS) is 19.3. The van der Waals surface area contributed by atoms with Gasteiger partial charge in [-0.15, -0.1) is 11.3 Å². The highest BCUT2D eigenvalue weighted by atomic mass is 32.1. The molecule has 0 radical (unpaired) electrons. The van der Waals surface area contributed by atoms with Crippen LogP contribution in [0, 0.1) is 12.3 Å². The average Bonchev–Trinajstić information content (AvgIpc) is 3.26. The molecule has 0 aliphatic carbocycles. The topological polar surface area (TPSA) is 76.1 Å². The van der Waals surface area contributed by atoms with Crippen LogP contribution in [0.2, 0.25) is 0 Å². The van der Waals surface area contributed by atoms with Crippen LogP contribution in [0.4, 0.5) is 0 Å². The zero-order chi connectivity index (χ0) is 19.6. The smallest absolute Gasteiger partial charge is 0.313 e. The Morgan fingerprint density at radius 3 is 2.56 bits per heavy atom. The molecule has 0 spiro atoms. The van der Waals surface area contributed by atoms with E-state index in [2.05, 4.69) is 0 Å². The molecular weight excluding hydrogens is 366 g/mol. The van der Waals surface area contributed by atoms with Gasteiger partial charge in [0.15, 0.2) is 0 Å². The first kappa shape index (κ1) is 19.4. The van der Waals surface area contributed by atoms with Gasteiger partial charge in [0, 0.05) is 25.1 Å². The van der Waals surface area contributed by atoms with E-state index in [1.165, 1.54) is 18.4 Å². The van der Waals surface area contributed by atoms with E-state index in [9.17, 15) is 14.7 Å². The number of methoxy groups -OCH3 is 2. The molecule has 1 saturated heterocycles. The van der Waals surface area contributed by atoms with Crippen LogP contribution in [0.5, 0.6) is 5.75 Å². The van der Waals surface area contributed by atoms with Crippen LogP contribution in [0.25, 0.3) is 11.1 Å². The van der Waals surface area contributed by atoms with Crippen molar-refractivity contribution in [3.8, 4) is 16.9 Å². The number of hydrogen-bond donors (Lipinski definition) is 1. The van der Waals surface area contributed by atoms with Gasteiger partial charge >= 0.3 is 5.97 Å². The van der Waals surface area contributed by atoms with Gasteiger partial charge in [-0.1, -0.05) is 12.1 Å². The standard InChI is InChI=1S/C20H23NO5S/c1-13-16(14-4-6-15(26-3)7-5-14)10-17(27-13)18(22)21-9-8-20(11-21,12-25-2)19(23)24/h4-7,10H,8-9,11-12H2,1-3H3,(H,23,24). The molecule has 0 bridgehead atoms. The molecule has 1 amide bonds. The van der Waals surface area contributed by atoms with Crippen molar-refractivity contribution in [3.63, 3.8) is 0 Å². The Morgan fingerprint density at radius 2 is 1.96 bits per heavy atom. The minimum Gasteiger partial charge on any atom is -0.497 e. The number of carbonyl (C=O) groups is 2. The molecule has 2 aromatic rings. The Balaban J connectivity index is 1.81. The Kier molecular flexibility index (Phi) is 5.53. The molecule has 3 rings (SSSR count). The van der Waals surface area contributed by atoms with Crippen LogP contribution in [-0.2, 0) is 9.53 Å². The quantitative estimate of drug-likeness (QED) is 0.820. The summed E-state index contributed by atoms with van der Waals surface area (Å²) in [7, 11) is 3.11. The van der Waals surface area contributed by atoms with Gasteiger partial charge in [-0.05, 0) is 42.7 Å². The van der Waals surface area contributed by atoms with Crippen LogP contribution < -0.4 is 4.74 Å². The Hall–Kier alpha value is -2.38. The third-order valence-electron chi connectivity index (χ3n) is 5.04. The number of amides is 1. The van der Waals surface area contributed by atoms with E-state index < -0.39 is 11.4 Å². The molecular formula is C20H23NO5S. The number of benzene rings is 1. The number of aryl methyl sites for hydroxylation is 1. The fraction of sp³-hybridized carbons (Fsp3) is 0.400. The highest BCUT2D eigenvalue weighted by molar-refractivity contribution is 7.14. The van der Waals surface area contributed by atoms with Crippen molar-refractivity contribution >= 4 is 23.2 Å². The first-order valence-electron chi connectivity index (χ1n) is 8.66. The molecule has 1 aromatic carbocycles. The van der Waals surface area contributed by atoms with E-state index in [-0.39, 0.29) is 19.1 Å². The van der Waals surface area contributed by atoms with Crippen LogP contribution in [-0.4, -0.2) is 55.8 Å². The largest absolute Gasteiger partial charge is 0.497 e. The SMILES string of the molecule is COCC1(C(=O)O)CCN(C(=O)c2cc(-c3ccc(OC)cc3)c(C)s2)C1. The molecule has 1 fully saturated rings. The molecule has 1 atom stereocenters. The van der Waals surface area contributed by atoms with Crippen molar-refractivity contribution in [2.75, 3.05) is 33.9 Å². The summed E-state index contributed by atoms with van der Waals surface area (Å²) in [5, 5.41) is 9.58. The summed E-state index contributed by atoms with van der Waals surface area (Å²) >= 11 is 1.43. The zero-order valence-electron chi connectivity index (χ0n) is 15.7. The number of likely N-dealkylation sites (tertiary alicyclic amines) is 1. The number of carbonyl (C=O) groups excluding carboxylic acids is 1. The van der Waals surface area contributed by atoms with Crippen LogP contribution in [0.3, 0.4) is 0 Å². The Morgan fingerprint density at radius 1 is 1.26 bits per heavy atom. The van der Waals surface area contributed by atoms with E-state index in [0.717, 1.165) is 21.8 Å². The van der Waals surface area contributed by atoms with Gasteiger partial charge in [0.2, 0.25) is 0 Å². The summed E-state index contributed by atoms with van der Waals surface area (Å²) < 4.78 is 10.3. The lowest BCUT2D eigenvalue weighted by atomic mass is 9.88. The Bertz CT molecular complexity index is 845. The maximum absolute atomic E-state index is 12.9. The van der Waals surface area contributed by atoms with Gasteiger partial charge in [0.1, 0.15) is 11.2 Å². The fourth-order valence-electron chi connectivity index (χ4n) is 3.48. The number of rotatable bonds is 6. The predicted molar refractivity (Wildman–Crippen MR) is 104 cm³/mol. The molecule has 27 heavy (non-hydrogen) atoms. The van der Waals surface area contributed by atoms with Gasteiger partial charge in [-0.3, -0.25) is 9.59 Å². The van der Waals surface area contributed by atoms with Gasteiger partial charge in [-0.2, -0.15) is 0 Å². The summed E-state index contributed by atoms with van der Waals surface area (Å²) in [5.74, 6) is -0.258. The minimum absolute atomic E-state index is 0.104. The van der Waals surface area contributed by atoms with Gasteiger partial charge in [0.25, 0.3) is 5.91 Å². The fourth-order valence-corrected chi connectivity index (χ4v) is 4.49. The summed E-state index contributed by atoms with van der Waals surface area (Å²) in [6.07, 6.45) is 0.400. The second-order valence-corrected chi connectivity index (χ2v) is 8.06. The predicted octanol–water partition coefficient (Wildman–Crippen LogP) is 3.30. The molecule has 1 aromatic heterocycles. The number of thiophene rings is 1. The average molecular weight is 389 g/mol. The second kappa shape index (κ2) is 7.70. The number of ether oxygens (including phenoxy) is 2. The molecule has 1 unspecified atom stereocenters. The van der Waals surface area contributed by atoms with Crippen LogP contribution in [0.1, 0.15) is 21.0 Å². The zero-order valence-corrected chi connectivity index (χ0v) is 16.5. The maximum atomic E-state index is 12.9. The van der Waals surface area contributed by atoms with E-state index in [4.69, 9.17) is 9.47 Å². The van der Waals surface area contributed by atoms with Crippen LogP contribution >= 0.6 is 11.3 Å². The third kappa shape index (κ3) is 3.70. The molecule has 2 heterocycles. The summed E-state index contributed by atoms with van der Waals surface area (Å²) in [4.78, 5) is 27.9. The highest BCUT2D eigenvalue weighted by Crippen LogP contribution is 2.36. The monoisotopic (exact) mass is 389 g/mol. The summed E-state index contributed by atoms with van der Waals surface area (Å²) in [5.41, 5.74) is 1.01. The molecule has 1 aliphatic rings. The van der Waals surface area contributed by atoms with Gasteiger partial charge < -0.3 is 19.5 Å². The van der Waals surface area contributed by atoms with E-state index in [1.807, 2.05) is 37.3 Å². The first-order valence-corrected chi connectivity index (χ1v) is 9.48. The maximum Gasteiger partial charge on any atom is 0.313 e. The molecule has 6 nitrogen and oxygen atoms in total. The van der Waals surface area contributed by atoms with Crippen molar-refractivity contribution in [3.05, 3.63) is 40.1 Å². The van der Waals surface area contributed by atoms with Crippen molar-refractivity contribution in [2.45, 2.75) is 13.3 Å². The molecule has 1 aliphatic heterocycles. The minimum atomic E-state index is -1.02. The van der Waals surface area contributed by atoms with Crippen molar-refractivity contribution in [1.29, 1.82) is 0 Å². The summed E-state index contributed by atoms with van der Waals surface area (Å²) in [6, 6.07) is 9.60. The molecule has 7 heteroatoms. The van der Waals surface area contributed by atoms with Crippen molar-refractivity contribution in [2.24, 2.45) is 5.41 Å². The second-order valence-electron chi connectivity index (χ2n) is 6.80. The number of carboxylic acid groups (broad SMARTS) is 1. The lowest BCUT2D eigenvalue weighted by molar-refractivity contribution is -0.151. The van der Waals surface area contributed by atoms with E-state index in [0.29, 0.717) is 17.8 Å². The van der Waals surface area contributed by atoms with Crippen LogP contribution in [0.15, 0.2) is 30.3 Å². The van der Waals surface area contributed by atoms with E-state index in [1.54, 1.807) is 12.0 Å². The number of aliphatic carboxylic acids is 1. The number of nitrogens with zero attached hydrogens (tertiary/aromatic N) is 1. The number of hydrogen-bond acceptors (Lipinski definition) is 5. The van der Waals surface area contributed by atoms with E-state index >= 15 is 0 Å². The molecule has 1 N–H and O–H groups in total. The van der Waals surface area contributed by atoms with Crippen molar-refractivity contribution < 1.29 is 24.2 Å². The third-order valence-corrected chi connectivity index (χ3v) is 6.08. The first-order chi connectivity index (χ1) is 12.9. The lowest BCUT2D eigenvalue weighted by Gasteiger charge is -2.23. The Labute approximate surface area is 162 Å². The highest BCUT2D eigenvalue weighted by Gasteiger charge is 2.46. The molecule has 0 saturated carbocycles. The van der Waals surface area contributed by atoms with Gasteiger partial charge in [0.05, 0.1) is 18.6 Å².